The van der Waals surface area contributed by atoms with Gasteiger partial charge < -0.3 is 15.7 Å². The average Bonchev–Trinajstić information content (AvgIpc) is 2.36. The van der Waals surface area contributed by atoms with E-state index in [0.717, 1.165) is 6.07 Å². The van der Waals surface area contributed by atoms with E-state index in [1.54, 1.807) is 0 Å². The summed E-state index contributed by atoms with van der Waals surface area (Å²) >= 11 is 5.59. The Bertz CT molecular complexity index is 521. The van der Waals surface area contributed by atoms with Crippen LogP contribution in [0.1, 0.15) is 10.4 Å². The molecule has 0 aliphatic rings. The third-order valence-corrected chi connectivity index (χ3v) is 2.43. The van der Waals surface area contributed by atoms with Crippen LogP contribution in [0.4, 0.5) is 4.39 Å². The number of benzene rings is 1. The highest BCUT2D eigenvalue weighted by atomic mass is 35.5. The Morgan fingerprint density at radius 3 is 2.53 bits per heavy atom. The number of carboxylic acid groups (broad SMARTS) is 1. The molecule has 0 aliphatic carbocycles. The monoisotopic (exact) mass is 288 g/mol. The van der Waals surface area contributed by atoms with Gasteiger partial charge in [-0.25, -0.2) is 4.39 Å². The first-order valence-corrected chi connectivity index (χ1v) is 5.50. The summed E-state index contributed by atoms with van der Waals surface area (Å²) in [5.41, 5.74) is -0.104. The molecular formula is C11H10ClFN2O4. The van der Waals surface area contributed by atoms with Crippen molar-refractivity contribution in [3.63, 3.8) is 0 Å². The third-order valence-electron chi connectivity index (χ3n) is 2.04. The van der Waals surface area contributed by atoms with Crippen LogP contribution in [-0.4, -0.2) is 36.0 Å². The number of amides is 2. The van der Waals surface area contributed by atoms with Crippen LogP contribution in [0.5, 0.6) is 0 Å². The van der Waals surface area contributed by atoms with Crippen LogP contribution in [0.3, 0.4) is 0 Å². The van der Waals surface area contributed by atoms with E-state index in [1.165, 1.54) is 12.1 Å². The highest BCUT2D eigenvalue weighted by Gasteiger charge is 2.14. The van der Waals surface area contributed by atoms with E-state index in [0.29, 0.717) is 0 Å². The lowest BCUT2D eigenvalue weighted by atomic mass is 10.2. The molecule has 0 fully saturated rings. The molecule has 0 aromatic heterocycles. The molecular weight excluding hydrogens is 279 g/mol. The first-order chi connectivity index (χ1) is 8.91. The van der Waals surface area contributed by atoms with Gasteiger partial charge in [0, 0.05) is 0 Å². The Labute approximate surface area is 112 Å². The van der Waals surface area contributed by atoms with Crippen LogP contribution < -0.4 is 10.6 Å². The van der Waals surface area contributed by atoms with Crippen LogP contribution >= 0.6 is 11.6 Å². The van der Waals surface area contributed by atoms with Crippen molar-refractivity contribution in [2.75, 3.05) is 13.1 Å². The first kappa shape index (κ1) is 14.9. The van der Waals surface area contributed by atoms with Crippen molar-refractivity contribution < 1.29 is 23.9 Å². The fourth-order valence-corrected chi connectivity index (χ4v) is 1.38. The molecule has 8 heteroatoms. The number of carboxylic acids is 1. The summed E-state index contributed by atoms with van der Waals surface area (Å²) in [6.07, 6.45) is 0. The molecule has 0 radical (unpaired) electrons. The quantitative estimate of drug-likeness (QED) is 0.731. The van der Waals surface area contributed by atoms with E-state index in [-0.39, 0.29) is 10.6 Å². The van der Waals surface area contributed by atoms with Gasteiger partial charge in [-0.15, -0.1) is 0 Å². The zero-order valence-corrected chi connectivity index (χ0v) is 10.3. The molecule has 0 heterocycles. The van der Waals surface area contributed by atoms with E-state index < -0.39 is 36.7 Å². The SMILES string of the molecule is O=C(O)CNC(=O)CNC(=O)c1cccc(F)c1Cl. The normalized spacial score (nSPS) is 9.79. The Morgan fingerprint density at radius 2 is 1.89 bits per heavy atom. The van der Waals surface area contributed by atoms with Crippen LogP contribution in [0.15, 0.2) is 18.2 Å². The molecule has 0 aliphatic heterocycles. The summed E-state index contributed by atoms with van der Waals surface area (Å²) in [6.45, 7) is -0.978. The fourth-order valence-electron chi connectivity index (χ4n) is 1.17. The molecule has 0 saturated carbocycles. The topological polar surface area (TPSA) is 95.5 Å². The molecule has 3 N–H and O–H groups in total. The van der Waals surface area contributed by atoms with Gasteiger partial charge in [-0.05, 0) is 12.1 Å². The molecule has 19 heavy (non-hydrogen) atoms. The maximum Gasteiger partial charge on any atom is 0.322 e. The average molecular weight is 289 g/mol. The highest BCUT2D eigenvalue weighted by molar-refractivity contribution is 6.34. The van der Waals surface area contributed by atoms with E-state index >= 15 is 0 Å². The minimum Gasteiger partial charge on any atom is -0.480 e. The van der Waals surface area contributed by atoms with Gasteiger partial charge in [-0.3, -0.25) is 14.4 Å². The number of hydrogen-bond acceptors (Lipinski definition) is 3. The minimum absolute atomic E-state index is 0.104. The van der Waals surface area contributed by atoms with Crippen molar-refractivity contribution >= 4 is 29.4 Å². The van der Waals surface area contributed by atoms with Crippen LogP contribution in [0.25, 0.3) is 0 Å². The molecule has 102 valence electrons. The summed E-state index contributed by atoms with van der Waals surface area (Å²) in [4.78, 5) is 32.9. The lowest BCUT2D eigenvalue weighted by Gasteiger charge is -2.07. The molecule has 1 aromatic carbocycles. The van der Waals surface area contributed by atoms with Crippen molar-refractivity contribution in [3.05, 3.63) is 34.6 Å². The van der Waals surface area contributed by atoms with Crippen LogP contribution in [0.2, 0.25) is 5.02 Å². The number of carbonyl (C=O) groups is 3. The maximum atomic E-state index is 13.1. The summed E-state index contributed by atoms with van der Waals surface area (Å²) in [5.74, 6) is -3.35. The van der Waals surface area contributed by atoms with Gasteiger partial charge in [-0.1, -0.05) is 17.7 Å². The van der Waals surface area contributed by atoms with Gasteiger partial charge in [0.05, 0.1) is 17.1 Å². The fraction of sp³-hybridized carbons (Fsp3) is 0.182. The van der Waals surface area contributed by atoms with E-state index in [1.807, 2.05) is 0 Å². The van der Waals surface area contributed by atoms with Crippen LogP contribution in [-0.2, 0) is 9.59 Å². The number of rotatable bonds is 5. The van der Waals surface area contributed by atoms with Gasteiger partial charge in [0.1, 0.15) is 12.4 Å². The van der Waals surface area contributed by atoms with Gasteiger partial charge in [-0.2, -0.15) is 0 Å². The second-order valence-corrected chi connectivity index (χ2v) is 3.83. The van der Waals surface area contributed by atoms with Gasteiger partial charge in [0.15, 0.2) is 0 Å². The molecule has 6 nitrogen and oxygen atoms in total. The molecule has 0 spiro atoms. The molecule has 1 rings (SSSR count). The number of halogens is 2. The predicted molar refractivity (Wildman–Crippen MR) is 64.4 cm³/mol. The smallest absolute Gasteiger partial charge is 0.322 e. The first-order valence-electron chi connectivity index (χ1n) is 5.12. The van der Waals surface area contributed by atoms with Crippen molar-refractivity contribution in [3.8, 4) is 0 Å². The van der Waals surface area contributed by atoms with Crippen molar-refractivity contribution in [1.82, 2.24) is 10.6 Å². The summed E-state index contributed by atoms with van der Waals surface area (Å²) in [5, 5.41) is 12.2. The second-order valence-electron chi connectivity index (χ2n) is 3.45. The minimum atomic E-state index is -1.20. The Morgan fingerprint density at radius 1 is 1.21 bits per heavy atom. The standard InChI is InChI=1S/C11H10ClFN2O4/c12-10-6(2-1-3-7(10)13)11(19)15-4-8(16)14-5-9(17)18/h1-3H,4-5H2,(H,14,16)(H,15,19)(H,17,18). The Balaban J connectivity index is 2.54. The lowest BCUT2D eigenvalue weighted by Crippen LogP contribution is -2.39. The summed E-state index contributed by atoms with van der Waals surface area (Å²) in [6, 6.07) is 3.70. The Kier molecular flexibility index (Phi) is 5.25. The van der Waals surface area contributed by atoms with E-state index in [9.17, 15) is 18.8 Å². The summed E-state index contributed by atoms with van der Waals surface area (Å²) in [7, 11) is 0. The number of aliphatic carboxylic acids is 1. The maximum absolute atomic E-state index is 13.1. The van der Waals surface area contributed by atoms with Gasteiger partial charge in [0.25, 0.3) is 5.91 Å². The molecule has 0 atom stereocenters. The number of hydrogen-bond donors (Lipinski definition) is 3. The number of nitrogens with one attached hydrogen (secondary N) is 2. The van der Waals surface area contributed by atoms with Crippen molar-refractivity contribution in [2.45, 2.75) is 0 Å². The molecule has 2 amide bonds. The predicted octanol–water partition coefficient (Wildman–Crippen LogP) is 0.410. The molecule has 0 saturated heterocycles. The Hall–Kier alpha value is -2.15. The molecule has 1 aromatic rings. The third kappa shape index (κ3) is 4.55. The van der Waals surface area contributed by atoms with Crippen molar-refractivity contribution in [1.29, 1.82) is 0 Å². The van der Waals surface area contributed by atoms with Crippen LogP contribution in [0, 0.1) is 5.82 Å². The van der Waals surface area contributed by atoms with Gasteiger partial charge in [0.2, 0.25) is 5.91 Å². The van der Waals surface area contributed by atoms with Crippen molar-refractivity contribution in [2.24, 2.45) is 0 Å². The second kappa shape index (κ2) is 6.69. The van der Waals surface area contributed by atoms with Gasteiger partial charge >= 0.3 is 5.97 Å². The largest absolute Gasteiger partial charge is 0.480 e. The number of carbonyl (C=O) groups excluding carboxylic acids is 2. The zero-order chi connectivity index (χ0) is 14.4. The van der Waals surface area contributed by atoms with E-state index in [4.69, 9.17) is 16.7 Å². The lowest BCUT2D eigenvalue weighted by molar-refractivity contribution is -0.137. The summed E-state index contributed by atoms with van der Waals surface area (Å²) < 4.78 is 13.1. The highest BCUT2D eigenvalue weighted by Crippen LogP contribution is 2.19. The molecule has 0 bridgehead atoms. The van der Waals surface area contributed by atoms with E-state index in [2.05, 4.69) is 10.6 Å². The molecule has 0 unspecified atom stereocenters. The zero-order valence-electron chi connectivity index (χ0n) is 9.57.